The average Bonchev–Trinajstić information content (AvgIpc) is 4.05. The lowest BCUT2D eigenvalue weighted by Gasteiger charge is -2.32. The van der Waals surface area contributed by atoms with Crippen molar-refractivity contribution in [3.63, 3.8) is 0 Å². The highest BCUT2D eigenvalue weighted by molar-refractivity contribution is 6.13. The first-order valence-electron chi connectivity index (χ1n) is 23.2. The Hall–Kier alpha value is -8.99. The molecule has 2 aromatic heterocycles. The van der Waals surface area contributed by atoms with Crippen molar-refractivity contribution in [2.45, 2.75) is 5.41 Å². The lowest BCUT2D eigenvalue weighted by atomic mass is 9.68. The minimum atomic E-state index is -0.482. The van der Waals surface area contributed by atoms with Gasteiger partial charge in [-0.2, -0.15) is 0 Å². The lowest BCUT2D eigenvalue weighted by Crippen LogP contribution is -2.26. The standard InChI is InChI=1S/C64H39N3O/c1-3-15-40(16-4-1)42-29-33-44(34-30-42)61-65-62(45-35-31-43(32-36-45)41-17-5-2-6-18-41)67-63(66-61)52-24-14-28-58-59(52)53-39-46(37-38-57(53)68-58)47-22-13-23-51-50-21-9-12-27-56(50)64(60(47)51)54-25-10-7-19-48(54)49-20-8-11-26-55(49)64/h1-39H. The molecule has 0 amide bonds. The Labute approximate surface area is 393 Å². The SMILES string of the molecule is c1ccc(-c2ccc(-c3nc(-c4ccc(-c5ccccc5)cc4)nc(-c4cccc5oc6ccc(-c7cccc8c7C7(c9ccccc9-c9ccccc97)c7ccccc7-8)cc6c45)n3)cc2)cc1. The molecule has 4 nitrogen and oxygen atoms in total. The predicted octanol–water partition coefficient (Wildman–Crippen LogP) is 16.1. The minimum Gasteiger partial charge on any atom is -0.456 e. The third-order valence-corrected chi connectivity index (χ3v) is 14.2. The van der Waals surface area contributed by atoms with E-state index in [1.165, 1.54) is 50.1 Å². The summed E-state index contributed by atoms with van der Waals surface area (Å²) in [6.07, 6.45) is 0. The normalized spacial score (nSPS) is 12.8. The second kappa shape index (κ2) is 15.0. The Kier molecular flexibility index (Phi) is 8.46. The van der Waals surface area contributed by atoms with Crippen LogP contribution in [0, 0.1) is 0 Å². The van der Waals surface area contributed by atoms with Crippen molar-refractivity contribution in [2.75, 3.05) is 0 Å². The number of benzene rings is 10. The number of hydrogen-bond donors (Lipinski definition) is 0. The van der Waals surface area contributed by atoms with E-state index in [1.54, 1.807) is 0 Å². The van der Waals surface area contributed by atoms with Gasteiger partial charge in [-0.25, -0.2) is 15.0 Å². The highest BCUT2D eigenvalue weighted by Crippen LogP contribution is 2.64. The highest BCUT2D eigenvalue weighted by atomic mass is 16.3. The Morgan fingerprint density at radius 1 is 0.279 bits per heavy atom. The quantitative estimate of drug-likeness (QED) is 0.167. The Morgan fingerprint density at radius 2 is 0.691 bits per heavy atom. The molecule has 2 aliphatic rings. The molecule has 4 heteroatoms. The van der Waals surface area contributed by atoms with Gasteiger partial charge in [0.1, 0.15) is 11.2 Å². The first-order chi connectivity index (χ1) is 33.7. The van der Waals surface area contributed by atoms with Crippen LogP contribution in [0.2, 0.25) is 0 Å². The maximum absolute atomic E-state index is 6.70. The van der Waals surface area contributed by atoms with Gasteiger partial charge in [0.2, 0.25) is 0 Å². The zero-order valence-electron chi connectivity index (χ0n) is 36.8. The van der Waals surface area contributed by atoms with Gasteiger partial charge in [-0.15, -0.1) is 0 Å². The molecule has 10 aromatic carbocycles. The molecule has 0 N–H and O–H groups in total. The zero-order valence-corrected chi connectivity index (χ0v) is 36.8. The van der Waals surface area contributed by atoms with Crippen molar-refractivity contribution in [1.82, 2.24) is 15.0 Å². The van der Waals surface area contributed by atoms with Crippen LogP contribution in [-0.4, -0.2) is 15.0 Å². The van der Waals surface area contributed by atoms with Crippen molar-refractivity contribution in [2.24, 2.45) is 0 Å². The molecule has 0 unspecified atom stereocenters. The van der Waals surface area contributed by atoms with E-state index in [2.05, 4.69) is 212 Å². The van der Waals surface area contributed by atoms with E-state index in [9.17, 15) is 0 Å². The average molecular weight is 866 g/mol. The molecule has 14 rings (SSSR count). The molecule has 0 fully saturated rings. The number of aromatic nitrogens is 3. The van der Waals surface area contributed by atoms with Gasteiger partial charge in [0.05, 0.1) is 5.41 Å². The molecule has 1 spiro atoms. The second-order valence-electron chi connectivity index (χ2n) is 17.8. The third kappa shape index (κ3) is 5.71. The van der Waals surface area contributed by atoms with E-state index in [0.717, 1.165) is 66.4 Å². The zero-order chi connectivity index (χ0) is 44.8. The molecule has 2 aliphatic carbocycles. The van der Waals surface area contributed by atoms with Gasteiger partial charge in [0, 0.05) is 27.5 Å². The Morgan fingerprint density at radius 3 is 1.26 bits per heavy atom. The molecule has 316 valence electrons. The van der Waals surface area contributed by atoms with E-state index in [-0.39, 0.29) is 0 Å². The highest BCUT2D eigenvalue weighted by Gasteiger charge is 2.52. The monoisotopic (exact) mass is 865 g/mol. The predicted molar refractivity (Wildman–Crippen MR) is 276 cm³/mol. The Bertz CT molecular complexity index is 3780. The fourth-order valence-corrected chi connectivity index (χ4v) is 11.2. The summed E-state index contributed by atoms with van der Waals surface area (Å²) in [6.45, 7) is 0. The molecule has 12 aromatic rings. The van der Waals surface area contributed by atoms with Crippen molar-refractivity contribution in [3.8, 4) is 89.8 Å². The molecular weight excluding hydrogens is 827 g/mol. The maximum Gasteiger partial charge on any atom is 0.164 e. The number of rotatable bonds is 6. The van der Waals surface area contributed by atoms with E-state index >= 15 is 0 Å². The fraction of sp³-hybridized carbons (Fsp3) is 0.0156. The van der Waals surface area contributed by atoms with E-state index in [0.29, 0.717) is 17.5 Å². The van der Waals surface area contributed by atoms with Crippen LogP contribution < -0.4 is 0 Å². The maximum atomic E-state index is 6.70. The van der Waals surface area contributed by atoms with Gasteiger partial charge < -0.3 is 4.42 Å². The summed E-state index contributed by atoms with van der Waals surface area (Å²) in [5.74, 6) is 1.78. The van der Waals surface area contributed by atoms with Crippen LogP contribution in [-0.2, 0) is 5.41 Å². The first-order valence-corrected chi connectivity index (χ1v) is 23.2. The fourth-order valence-electron chi connectivity index (χ4n) is 11.2. The summed E-state index contributed by atoms with van der Waals surface area (Å²) in [5, 5.41) is 1.97. The van der Waals surface area contributed by atoms with Gasteiger partial charge in [0.25, 0.3) is 0 Å². The largest absolute Gasteiger partial charge is 0.456 e. The van der Waals surface area contributed by atoms with Crippen LogP contribution in [0.25, 0.3) is 112 Å². The number of furan rings is 1. The molecule has 0 radical (unpaired) electrons. The van der Waals surface area contributed by atoms with E-state index in [4.69, 9.17) is 19.4 Å². The smallest absolute Gasteiger partial charge is 0.164 e. The second-order valence-corrected chi connectivity index (χ2v) is 17.8. The van der Waals surface area contributed by atoms with Crippen molar-refractivity contribution < 1.29 is 4.42 Å². The molecule has 0 saturated carbocycles. The van der Waals surface area contributed by atoms with Gasteiger partial charge in [-0.3, -0.25) is 0 Å². The van der Waals surface area contributed by atoms with Crippen LogP contribution in [0.5, 0.6) is 0 Å². The molecule has 0 aliphatic heterocycles. The van der Waals surface area contributed by atoms with E-state index in [1.807, 2.05) is 24.3 Å². The molecular formula is C64H39N3O. The molecule has 0 atom stereocenters. The van der Waals surface area contributed by atoms with Crippen LogP contribution in [0.3, 0.4) is 0 Å². The van der Waals surface area contributed by atoms with Gasteiger partial charge in [-0.1, -0.05) is 218 Å². The number of fused-ring (bicyclic) bond motifs is 13. The summed E-state index contributed by atoms with van der Waals surface area (Å²) < 4.78 is 6.70. The summed E-state index contributed by atoms with van der Waals surface area (Å²) in [7, 11) is 0. The van der Waals surface area contributed by atoms with Gasteiger partial charge in [-0.05, 0) is 96.1 Å². The number of hydrogen-bond acceptors (Lipinski definition) is 4. The molecule has 68 heavy (non-hydrogen) atoms. The molecule has 2 heterocycles. The van der Waals surface area contributed by atoms with E-state index < -0.39 is 5.41 Å². The lowest BCUT2D eigenvalue weighted by molar-refractivity contribution is 0.669. The topological polar surface area (TPSA) is 51.8 Å². The molecule has 0 bridgehead atoms. The van der Waals surface area contributed by atoms with Gasteiger partial charge >= 0.3 is 0 Å². The van der Waals surface area contributed by atoms with Crippen molar-refractivity contribution >= 4 is 21.9 Å². The van der Waals surface area contributed by atoms with Crippen LogP contribution in [0.4, 0.5) is 0 Å². The van der Waals surface area contributed by atoms with Crippen molar-refractivity contribution in [3.05, 3.63) is 259 Å². The summed E-state index contributed by atoms with van der Waals surface area (Å²) >= 11 is 0. The summed E-state index contributed by atoms with van der Waals surface area (Å²) in [4.78, 5) is 15.7. The number of nitrogens with zero attached hydrogens (tertiary/aromatic N) is 3. The van der Waals surface area contributed by atoms with Crippen LogP contribution in [0.1, 0.15) is 22.3 Å². The Balaban J connectivity index is 0.959. The minimum absolute atomic E-state index is 0.482. The summed E-state index contributed by atoms with van der Waals surface area (Å²) in [6, 6.07) is 84.5. The third-order valence-electron chi connectivity index (χ3n) is 14.2. The summed E-state index contributed by atoms with van der Waals surface area (Å²) in [5.41, 5.74) is 21.1. The van der Waals surface area contributed by atoms with Crippen LogP contribution in [0.15, 0.2) is 241 Å². The molecule has 0 saturated heterocycles. The van der Waals surface area contributed by atoms with Crippen LogP contribution >= 0.6 is 0 Å². The first kappa shape index (κ1) is 38.3. The van der Waals surface area contributed by atoms with Gasteiger partial charge in [0.15, 0.2) is 17.5 Å². The van der Waals surface area contributed by atoms with Crippen molar-refractivity contribution in [1.29, 1.82) is 0 Å².